The van der Waals surface area contributed by atoms with Gasteiger partial charge in [-0.2, -0.15) is 0 Å². The molecule has 0 bridgehead atoms. The van der Waals surface area contributed by atoms with Gasteiger partial charge >= 0.3 is 0 Å². The van der Waals surface area contributed by atoms with Crippen molar-refractivity contribution in [3.8, 4) is 0 Å². The zero-order chi connectivity index (χ0) is 25.3. The molecule has 0 spiro atoms. The Morgan fingerprint density at radius 1 is 0.833 bits per heavy atom. The maximum absolute atomic E-state index is 13.8. The fourth-order valence-electron chi connectivity index (χ4n) is 4.81. The van der Waals surface area contributed by atoms with Crippen LogP contribution in [0.1, 0.15) is 48.8 Å². The summed E-state index contributed by atoms with van der Waals surface area (Å²) in [4.78, 5) is 29.2. The van der Waals surface area contributed by atoms with Crippen molar-refractivity contribution in [1.29, 1.82) is 0 Å². The average molecular weight is 524 g/mol. The third kappa shape index (κ3) is 7.11. The van der Waals surface area contributed by atoms with Crippen molar-refractivity contribution in [3.05, 3.63) is 106 Å². The standard InChI is InChI=1S/C30H32Cl2N2O2/c31-26-16-9-17-27(32)25(26)21-34(29(35)19-18-22-10-3-1-4-11-22)28(20-23-12-5-2-6-13-23)30(36)33-24-14-7-8-15-24/h1-6,9-13,16-17,24,28H,7-8,14-15,18-21H2,(H,33,36). The van der Waals surface area contributed by atoms with Crippen LogP contribution in [-0.4, -0.2) is 28.8 Å². The van der Waals surface area contributed by atoms with E-state index < -0.39 is 6.04 Å². The Morgan fingerprint density at radius 2 is 1.42 bits per heavy atom. The summed E-state index contributed by atoms with van der Waals surface area (Å²) in [5.41, 5.74) is 2.73. The monoisotopic (exact) mass is 522 g/mol. The topological polar surface area (TPSA) is 49.4 Å². The Kier molecular flexibility index (Phi) is 9.43. The molecule has 1 fully saturated rings. The van der Waals surface area contributed by atoms with Gasteiger partial charge < -0.3 is 10.2 Å². The molecule has 1 N–H and O–H groups in total. The van der Waals surface area contributed by atoms with Gasteiger partial charge in [0.15, 0.2) is 0 Å². The number of hydrogen-bond acceptors (Lipinski definition) is 2. The van der Waals surface area contributed by atoms with Crippen molar-refractivity contribution in [3.63, 3.8) is 0 Å². The number of halogens is 2. The molecule has 0 aliphatic heterocycles. The smallest absolute Gasteiger partial charge is 0.243 e. The van der Waals surface area contributed by atoms with Crippen molar-refractivity contribution in [1.82, 2.24) is 10.2 Å². The molecule has 0 aromatic heterocycles. The molecule has 0 heterocycles. The number of nitrogens with zero attached hydrogens (tertiary/aromatic N) is 1. The summed E-state index contributed by atoms with van der Waals surface area (Å²) in [5, 5.41) is 4.19. The van der Waals surface area contributed by atoms with Crippen molar-refractivity contribution in [2.75, 3.05) is 0 Å². The quantitative estimate of drug-likeness (QED) is 0.325. The van der Waals surface area contributed by atoms with Crippen LogP contribution in [0, 0.1) is 0 Å². The zero-order valence-corrected chi connectivity index (χ0v) is 21.8. The highest BCUT2D eigenvalue weighted by Gasteiger charge is 2.32. The first kappa shape index (κ1) is 26.2. The lowest BCUT2D eigenvalue weighted by atomic mass is 10.0. The van der Waals surface area contributed by atoms with Crippen LogP contribution in [0.2, 0.25) is 10.0 Å². The molecule has 2 amide bonds. The lowest BCUT2D eigenvalue weighted by molar-refractivity contribution is -0.141. The third-order valence-electron chi connectivity index (χ3n) is 6.83. The van der Waals surface area contributed by atoms with Crippen molar-refractivity contribution in [2.24, 2.45) is 0 Å². The molecule has 3 aromatic rings. The lowest BCUT2D eigenvalue weighted by Crippen LogP contribution is -2.52. The summed E-state index contributed by atoms with van der Waals surface area (Å²) in [6.45, 7) is 0.168. The molecule has 0 saturated heterocycles. The van der Waals surface area contributed by atoms with E-state index in [-0.39, 0.29) is 30.8 Å². The minimum atomic E-state index is -0.677. The van der Waals surface area contributed by atoms with Crippen LogP contribution < -0.4 is 5.32 Å². The molecule has 3 aromatic carbocycles. The van der Waals surface area contributed by atoms with Crippen LogP contribution in [0.5, 0.6) is 0 Å². The van der Waals surface area contributed by atoms with E-state index in [0.29, 0.717) is 28.5 Å². The highest BCUT2D eigenvalue weighted by Crippen LogP contribution is 2.28. The molecule has 0 radical (unpaired) electrons. The van der Waals surface area contributed by atoms with E-state index >= 15 is 0 Å². The Bertz CT molecular complexity index is 1130. The third-order valence-corrected chi connectivity index (χ3v) is 7.54. The predicted octanol–water partition coefficient (Wildman–Crippen LogP) is 6.62. The van der Waals surface area contributed by atoms with E-state index in [1.54, 1.807) is 23.1 Å². The van der Waals surface area contributed by atoms with Gasteiger partial charge in [-0.15, -0.1) is 0 Å². The van der Waals surface area contributed by atoms with E-state index in [9.17, 15) is 9.59 Å². The second-order valence-electron chi connectivity index (χ2n) is 9.40. The Balaban J connectivity index is 1.65. The van der Waals surface area contributed by atoms with Crippen molar-refractivity contribution < 1.29 is 9.59 Å². The summed E-state index contributed by atoms with van der Waals surface area (Å²) >= 11 is 13.0. The minimum absolute atomic E-state index is 0.0997. The Labute approximate surface area is 223 Å². The minimum Gasteiger partial charge on any atom is -0.352 e. The number of hydrogen-bond donors (Lipinski definition) is 1. The molecule has 1 aliphatic rings. The summed E-state index contributed by atoms with van der Waals surface area (Å²) in [6.07, 6.45) is 5.47. The molecular weight excluding hydrogens is 491 g/mol. The first-order valence-corrected chi connectivity index (χ1v) is 13.4. The van der Waals surface area contributed by atoms with Gasteiger partial charge in [-0.3, -0.25) is 9.59 Å². The van der Waals surface area contributed by atoms with Crippen LogP contribution >= 0.6 is 23.2 Å². The number of benzene rings is 3. The van der Waals surface area contributed by atoms with Gasteiger partial charge in [0.25, 0.3) is 0 Å². The molecule has 1 aliphatic carbocycles. The van der Waals surface area contributed by atoms with E-state index in [4.69, 9.17) is 23.2 Å². The predicted molar refractivity (Wildman–Crippen MR) is 146 cm³/mol. The number of carbonyl (C=O) groups excluding carboxylic acids is 2. The maximum Gasteiger partial charge on any atom is 0.243 e. The number of amides is 2. The molecule has 36 heavy (non-hydrogen) atoms. The fourth-order valence-corrected chi connectivity index (χ4v) is 5.33. The first-order chi connectivity index (χ1) is 17.5. The van der Waals surface area contributed by atoms with Crippen molar-refractivity contribution in [2.45, 2.75) is 63.6 Å². The normalized spacial score (nSPS) is 14.4. The van der Waals surface area contributed by atoms with Gasteiger partial charge in [0, 0.05) is 41.0 Å². The summed E-state index contributed by atoms with van der Waals surface area (Å²) < 4.78 is 0. The molecular formula is C30H32Cl2N2O2. The van der Waals surface area contributed by atoms with Gasteiger partial charge in [0.05, 0.1) is 0 Å². The fraction of sp³-hybridized carbons (Fsp3) is 0.333. The van der Waals surface area contributed by atoms with E-state index in [0.717, 1.165) is 36.8 Å². The first-order valence-electron chi connectivity index (χ1n) is 12.6. The van der Waals surface area contributed by atoms with Gasteiger partial charge in [0.1, 0.15) is 6.04 Å². The van der Waals surface area contributed by atoms with E-state index in [1.807, 2.05) is 60.7 Å². The van der Waals surface area contributed by atoms with Gasteiger partial charge in [-0.1, -0.05) is 103 Å². The second kappa shape index (κ2) is 12.9. The van der Waals surface area contributed by atoms with Crippen LogP contribution in [0.3, 0.4) is 0 Å². The van der Waals surface area contributed by atoms with Gasteiger partial charge in [0.2, 0.25) is 11.8 Å². The number of rotatable bonds is 10. The highest BCUT2D eigenvalue weighted by atomic mass is 35.5. The lowest BCUT2D eigenvalue weighted by Gasteiger charge is -2.33. The Morgan fingerprint density at radius 3 is 2.03 bits per heavy atom. The molecule has 6 heteroatoms. The number of nitrogens with one attached hydrogen (secondary N) is 1. The molecule has 1 atom stereocenters. The van der Waals surface area contributed by atoms with Gasteiger partial charge in [-0.05, 0) is 42.5 Å². The van der Waals surface area contributed by atoms with E-state index in [2.05, 4.69) is 5.32 Å². The molecule has 4 rings (SSSR count). The largest absolute Gasteiger partial charge is 0.352 e. The number of carbonyl (C=O) groups is 2. The van der Waals surface area contributed by atoms with E-state index in [1.165, 1.54) is 0 Å². The SMILES string of the molecule is O=C(NC1CCCC1)C(Cc1ccccc1)N(Cc1c(Cl)cccc1Cl)C(=O)CCc1ccccc1. The Hall–Kier alpha value is -2.82. The van der Waals surface area contributed by atoms with Crippen LogP contribution in [0.25, 0.3) is 0 Å². The molecule has 188 valence electrons. The van der Waals surface area contributed by atoms with Crippen LogP contribution in [-0.2, 0) is 29.0 Å². The molecule has 1 unspecified atom stereocenters. The maximum atomic E-state index is 13.8. The zero-order valence-electron chi connectivity index (χ0n) is 20.3. The van der Waals surface area contributed by atoms with Crippen molar-refractivity contribution >= 4 is 35.0 Å². The molecule has 4 nitrogen and oxygen atoms in total. The van der Waals surface area contributed by atoms with Crippen LogP contribution in [0.15, 0.2) is 78.9 Å². The summed E-state index contributed by atoms with van der Waals surface area (Å²) in [5.74, 6) is -0.223. The van der Waals surface area contributed by atoms with Gasteiger partial charge in [-0.25, -0.2) is 0 Å². The number of aryl methyl sites for hydroxylation is 1. The van der Waals surface area contributed by atoms with Crippen LogP contribution in [0.4, 0.5) is 0 Å². The highest BCUT2D eigenvalue weighted by molar-refractivity contribution is 6.36. The second-order valence-corrected chi connectivity index (χ2v) is 10.2. The average Bonchev–Trinajstić information content (AvgIpc) is 3.40. The summed E-state index contributed by atoms with van der Waals surface area (Å²) in [7, 11) is 0. The summed E-state index contributed by atoms with van der Waals surface area (Å²) in [6, 6.07) is 24.5. The molecule has 1 saturated carbocycles.